The zero-order chi connectivity index (χ0) is 12.5. The Hall–Kier alpha value is -1.78. The van der Waals surface area contributed by atoms with E-state index in [1.54, 1.807) is 0 Å². The van der Waals surface area contributed by atoms with Gasteiger partial charge in [0.15, 0.2) is 5.78 Å². The highest BCUT2D eigenvalue weighted by Crippen LogP contribution is 2.32. The lowest BCUT2D eigenvalue weighted by molar-refractivity contribution is -0.137. The Balaban J connectivity index is 2.28. The number of alkyl halides is 3. The number of hydrogen-bond donors (Lipinski definition) is 0. The zero-order valence-electron chi connectivity index (χ0n) is 8.70. The first-order chi connectivity index (χ1) is 7.97. The van der Waals surface area contributed by atoms with Gasteiger partial charge in [-0.15, -0.1) is 0 Å². The van der Waals surface area contributed by atoms with Crippen LogP contribution in [0.1, 0.15) is 23.7 Å². The highest BCUT2D eigenvalue weighted by Gasteiger charge is 2.31. The first-order valence-electron chi connectivity index (χ1n) is 4.99. The molecule has 1 unspecified atom stereocenters. The van der Waals surface area contributed by atoms with Gasteiger partial charge in [0.1, 0.15) is 6.10 Å². The predicted molar refractivity (Wildman–Crippen MR) is 54.0 cm³/mol. The third-order valence-electron chi connectivity index (χ3n) is 2.47. The SMILES string of the molecule is O=C1C=COC(c2cccc(C(F)(F)F)c2)C1. The molecule has 1 heterocycles. The minimum Gasteiger partial charge on any atom is -0.493 e. The molecule has 0 radical (unpaired) electrons. The standard InChI is InChI=1S/C12H9F3O2/c13-12(14,15)9-3-1-2-8(6-9)11-7-10(16)4-5-17-11/h1-6,11H,7H2. The molecular weight excluding hydrogens is 233 g/mol. The van der Waals surface area contributed by atoms with E-state index in [0.29, 0.717) is 5.56 Å². The van der Waals surface area contributed by atoms with Crippen LogP contribution < -0.4 is 0 Å². The third-order valence-corrected chi connectivity index (χ3v) is 2.47. The van der Waals surface area contributed by atoms with E-state index in [9.17, 15) is 18.0 Å². The van der Waals surface area contributed by atoms with Crippen molar-refractivity contribution >= 4 is 5.78 Å². The first-order valence-corrected chi connectivity index (χ1v) is 4.99. The molecule has 1 aromatic carbocycles. The van der Waals surface area contributed by atoms with E-state index in [1.807, 2.05) is 0 Å². The van der Waals surface area contributed by atoms with Crippen molar-refractivity contribution in [1.82, 2.24) is 0 Å². The maximum absolute atomic E-state index is 12.5. The number of hydrogen-bond acceptors (Lipinski definition) is 2. The molecule has 1 aliphatic heterocycles. The lowest BCUT2D eigenvalue weighted by Gasteiger charge is -2.19. The Bertz CT molecular complexity index is 463. The van der Waals surface area contributed by atoms with Crippen LogP contribution in [0.15, 0.2) is 36.6 Å². The van der Waals surface area contributed by atoms with Gasteiger partial charge in [-0.25, -0.2) is 0 Å². The van der Waals surface area contributed by atoms with E-state index in [2.05, 4.69) is 0 Å². The number of benzene rings is 1. The minimum atomic E-state index is -4.38. The van der Waals surface area contributed by atoms with Crippen molar-refractivity contribution in [2.75, 3.05) is 0 Å². The molecule has 2 nitrogen and oxygen atoms in total. The first kappa shape index (κ1) is 11.7. The molecular formula is C12H9F3O2. The molecule has 2 rings (SSSR count). The van der Waals surface area contributed by atoms with Gasteiger partial charge in [-0.1, -0.05) is 12.1 Å². The van der Waals surface area contributed by atoms with Gasteiger partial charge < -0.3 is 4.74 Å². The highest BCUT2D eigenvalue weighted by atomic mass is 19.4. The van der Waals surface area contributed by atoms with Gasteiger partial charge in [0.05, 0.1) is 18.2 Å². The molecule has 1 atom stereocenters. The number of rotatable bonds is 1. The molecule has 0 saturated carbocycles. The van der Waals surface area contributed by atoms with Gasteiger partial charge in [0.25, 0.3) is 0 Å². The van der Waals surface area contributed by atoms with Crippen molar-refractivity contribution in [3.05, 3.63) is 47.7 Å². The Morgan fingerprint density at radius 1 is 1.29 bits per heavy atom. The van der Waals surface area contributed by atoms with Crippen LogP contribution in [0.3, 0.4) is 0 Å². The Morgan fingerprint density at radius 2 is 2.06 bits per heavy atom. The second-order valence-corrected chi connectivity index (χ2v) is 3.72. The number of carbonyl (C=O) groups is 1. The maximum atomic E-state index is 12.5. The molecule has 0 amide bonds. The largest absolute Gasteiger partial charge is 0.493 e. The fourth-order valence-corrected chi connectivity index (χ4v) is 1.62. The topological polar surface area (TPSA) is 26.3 Å². The van der Waals surface area contributed by atoms with Gasteiger partial charge in [-0.05, 0) is 17.7 Å². The van der Waals surface area contributed by atoms with Crippen molar-refractivity contribution in [2.24, 2.45) is 0 Å². The van der Waals surface area contributed by atoms with Crippen LogP contribution in [0.5, 0.6) is 0 Å². The van der Waals surface area contributed by atoms with Crippen molar-refractivity contribution in [1.29, 1.82) is 0 Å². The summed E-state index contributed by atoms with van der Waals surface area (Å²) in [5, 5.41) is 0. The van der Waals surface area contributed by atoms with Crippen molar-refractivity contribution < 1.29 is 22.7 Å². The van der Waals surface area contributed by atoms with E-state index in [1.165, 1.54) is 24.5 Å². The maximum Gasteiger partial charge on any atom is 0.416 e. The Morgan fingerprint density at radius 3 is 2.71 bits per heavy atom. The molecule has 0 aromatic heterocycles. The van der Waals surface area contributed by atoms with Crippen LogP contribution in [0.2, 0.25) is 0 Å². The lowest BCUT2D eigenvalue weighted by Crippen LogP contribution is -2.12. The molecule has 0 N–H and O–H groups in total. The molecule has 5 heteroatoms. The average Bonchev–Trinajstić information content (AvgIpc) is 2.28. The summed E-state index contributed by atoms with van der Waals surface area (Å²) in [5.41, 5.74) is -0.377. The van der Waals surface area contributed by atoms with Gasteiger partial charge in [-0.3, -0.25) is 4.79 Å². The minimum absolute atomic E-state index is 0.0673. The Kier molecular flexibility index (Phi) is 2.92. The van der Waals surface area contributed by atoms with E-state index < -0.39 is 17.8 Å². The van der Waals surface area contributed by atoms with Gasteiger partial charge in [-0.2, -0.15) is 13.2 Å². The second-order valence-electron chi connectivity index (χ2n) is 3.72. The summed E-state index contributed by atoms with van der Waals surface area (Å²) in [6.07, 6.45) is -2.46. The predicted octanol–water partition coefficient (Wildman–Crippen LogP) is 3.25. The van der Waals surface area contributed by atoms with Gasteiger partial charge >= 0.3 is 6.18 Å². The summed E-state index contributed by atoms with van der Waals surface area (Å²) in [5.74, 6) is -0.154. The summed E-state index contributed by atoms with van der Waals surface area (Å²) >= 11 is 0. The van der Waals surface area contributed by atoms with Crippen LogP contribution in [0.25, 0.3) is 0 Å². The van der Waals surface area contributed by atoms with Gasteiger partial charge in [0, 0.05) is 6.08 Å². The molecule has 0 spiro atoms. The fraction of sp³-hybridized carbons (Fsp3) is 0.250. The van der Waals surface area contributed by atoms with E-state index >= 15 is 0 Å². The summed E-state index contributed by atoms with van der Waals surface area (Å²) in [4.78, 5) is 11.1. The number of carbonyl (C=O) groups excluding carboxylic acids is 1. The van der Waals surface area contributed by atoms with Gasteiger partial charge in [0.2, 0.25) is 0 Å². The quantitative estimate of drug-likeness (QED) is 0.755. The summed E-state index contributed by atoms with van der Waals surface area (Å²) in [7, 11) is 0. The third kappa shape index (κ3) is 2.67. The van der Waals surface area contributed by atoms with Crippen LogP contribution in [0, 0.1) is 0 Å². The normalized spacial score (nSPS) is 20.2. The molecule has 1 aliphatic rings. The summed E-state index contributed by atoms with van der Waals surface area (Å²) in [6, 6.07) is 4.83. The van der Waals surface area contributed by atoms with E-state index in [-0.39, 0.29) is 12.2 Å². The second kappa shape index (κ2) is 4.24. The number of halogens is 3. The van der Waals surface area contributed by atoms with Crippen molar-refractivity contribution in [3.63, 3.8) is 0 Å². The van der Waals surface area contributed by atoms with Crippen LogP contribution >= 0.6 is 0 Å². The number of allylic oxidation sites excluding steroid dienone is 1. The molecule has 0 saturated heterocycles. The van der Waals surface area contributed by atoms with Crippen molar-refractivity contribution in [2.45, 2.75) is 18.7 Å². The highest BCUT2D eigenvalue weighted by molar-refractivity contribution is 5.90. The van der Waals surface area contributed by atoms with Crippen LogP contribution in [-0.4, -0.2) is 5.78 Å². The van der Waals surface area contributed by atoms with E-state index in [4.69, 9.17) is 4.74 Å². The summed E-state index contributed by atoms with van der Waals surface area (Å²) in [6.45, 7) is 0. The van der Waals surface area contributed by atoms with Crippen molar-refractivity contribution in [3.8, 4) is 0 Å². The van der Waals surface area contributed by atoms with Crippen LogP contribution in [-0.2, 0) is 15.7 Å². The van der Waals surface area contributed by atoms with E-state index in [0.717, 1.165) is 12.1 Å². The Labute approximate surface area is 95.7 Å². The fourth-order valence-electron chi connectivity index (χ4n) is 1.62. The monoisotopic (exact) mass is 242 g/mol. The number of ketones is 1. The molecule has 90 valence electrons. The molecule has 17 heavy (non-hydrogen) atoms. The molecule has 0 bridgehead atoms. The smallest absolute Gasteiger partial charge is 0.416 e. The molecule has 0 aliphatic carbocycles. The lowest BCUT2D eigenvalue weighted by atomic mass is 10.0. The molecule has 0 fully saturated rings. The summed E-state index contributed by atoms with van der Waals surface area (Å²) < 4.78 is 42.6. The molecule has 1 aromatic rings. The number of ether oxygens (including phenoxy) is 1. The average molecular weight is 242 g/mol. The zero-order valence-corrected chi connectivity index (χ0v) is 8.70. The van der Waals surface area contributed by atoms with Crippen LogP contribution in [0.4, 0.5) is 13.2 Å².